The van der Waals surface area contributed by atoms with Crippen molar-refractivity contribution in [2.45, 2.75) is 45.1 Å². The summed E-state index contributed by atoms with van der Waals surface area (Å²) in [6.45, 7) is 5.93. The molecule has 1 N–H and O–H groups in total. The minimum Gasteiger partial charge on any atom is -0.497 e. The standard InChI is InChI=1S/C25H30BrN5O6/c1-25(2,3)37-24(33)31-12-19(36-14-16(31)13-32)23-29-21(26)20-22(27-8-9-30(20)23)28-11-15-6-7-17(34-4)10-18(15)35-5/h6-10,13,16,19H,11-12,14H2,1-5H3,(H,27,28)/t16-,19-/m1/s1. The van der Waals surface area contributed by atoms with E-state index in [1.807, 2.05) is 22.6 Å². The SMILES string of the molecule is COc1ccc(CNc2nccn3c([C@H]4CN(C(=O)OC(C)(C)C)[C@H](C=O)CO4)nc(Br)c23)c(OC)c1. The molecule has 37 heavy (non-hydrogen) atoms. The topological polar surface area (TPSA) is 117 Å². The lowest BCUT2D eigenvalue weighted by Gasteiger charge is -2.37. The first kappa shape index (κ1) is 26.7. The second-order valence-electron chi connectivity index (χ2n) is 9.44. The molecule has 198 valence electrons. The molecule has 0 aliphatic carbocycles. The molecule has 0 saturated carbocycles. The summed E-state index contributed by atoms with van der Waals surface area (Å²) in [7, 11) is 3.21. The van der Waals surface area contributed by atoms with Gasteiger partial charge >= 0.3 is 6.09 Å². The fourth-order valence-corrected chi connectivity index (χ4v) is 4.58. The zero-order valence-electron chi connectivity index (χ0n) is 21.4. The molecule has 1 fully saturated rings. The minimum atomic E-state index is -0.737. The van der Waals surface area contributed by atoms with Gasteiger partial charge in [-0.05, 0) is 48.8 Å². The smallest absolute Gasteiger partial charge is 0.411 e. The van der Waals surface area contributed by atoms with Crippen LogP contribution in [0.5, 0.6) is 11.5 Å². The van der Waals surface area contributed by atoms with Gasteiger partial charge in [0, 0.05) is 30.6 Å². The Morgan fingerprint density at radius 3 is 2.76 bits per heavy atom. The molecule has 0 unspecified atom stereocenters. The van der Waals surface area contributed by atoms with Gasteiger partial charge in [0.1, 0.15) is 51.5 Å². The largest absolute Gasteiger partial charge is 0.497 e. The van der Waals surface area contributed by atoms with Gasteiger partial charge in [-0.25, -0.2) is 14.8 Å². The Hall–Kier alpha value is -3.38. The van der Waals surface area contributed by atoms with Crippen molar-refractivity contribution in [2.75, 3.05) is 32.7 Å². The van der Waals surface area contributed by atoms with Gasteiger partial charge in [-0.1, -0.05) is 0 Å². The molecule has 11 nitrogen and oxygen atoms in total. The molecule has 4 rings (SSSR count). The van der Waals surface area contributed by atoms with Crippen molar-refractivity contribution in [1.82, 2.24) is 19.3 Å². The highest BCUT2D eigenvalue weighted by Gasteiger charge is 2.37. The summed E-state index contributed by atoms with van der Waals surface area (Å²) < 4.78 is 24.7. The number of imidazole rings is 1. The number of methoxy groups -OCH3 is 2. The van der Waals surface area contributed by atoms with Crippen LogP contribution in [0, 0.1) is 0 Å². The van der Waals surface area contributed by atoms with Crippen molar-refractivity contribution >= 4 is 39.6 Å². The predicted octanol–water partition coefficient (Wildman–Crippen LogP) is 4.00. The zero-order chi connectivity index (χ0) is 26.7. The summed E-state index contributed by atoms with van der Waals surface area (Å²) in [5, 5.41) is 3.35. The first-order valence-corrected chi connectivity index (χ1v) is 12.5. The number of nitrogens with one attached hydrogen (secondary N) is 1. The van der Waals surface area contributed by atoms with Gasteiger partial charge < -0.3 is 29.1 Å². The van der Waals surface area contributed by atoms with Crippen LogP contribution in [0.15, 0.2) is 35.2 Å². The van der Waals surface area contributed by atoms with Crippen LogP contribution in [0.2, 0.25) is 0 Å². The number of fused-ring (bicyclic) bond motifs is 1. The fraction of sp³-hybridized carbons (Fsp3) is 0.440. The van der Waals surface area contributed by atoms with Crippen LogP contribution in [0.25, 0.3) is 5.52 Å². The first-order valence-electron chi connectivity index (χ1n) is 11.7. The minimum absolute atomic E-state index is 0.0351. The third kappa shape index (κ3) is 5.80. The quantitative estimate of drug-likeness (QED) is 0.417. The van der Waals surface area contributed by atoms with Crippen LogP contribution in [0.4, 0.5) is 10.6 Å². The molecule has 2 atom stereocenters. The summed E-state index contributed by atoms with van der Waals surface area (Å²) in [6.07, 6.45) is 2.96. The number of carbonyl (C=O) groups excluding carboxylic acids is 2. The number of aldehydes is 1. The van der Waals surface area contributed by atoms with Crippen LogP contribution in [-0.2, 0) is 20.8 Å². The Morgan fingerprint density at radius 1 is 1.30 bits per heavy atom. The number of hydrogen-bond donors (Lipinski definition) is 1. The van der Waals surface area contributed by atoms with Gasteiger partial charge in [-0.3, -0.25) is 9.30 Å². The number of morpholine rings is 1. The average Bonchev–Trinajstić information content (AvgIpc) is 3.22. The Kier molecular flexibility index (Phi) is 7.88. The maximum atomic E-state index is 12.8. The molecular weight excluding hydrogens is 546 g/mol. The van der Waals surface area contributed by atoms with E-state index in [2.05, 4.69) is 31.2 Å². The van der Waals surface area contributed by atoms with Crippen molar-refractivity contribution in [3.8, 4) is 11.5 Å². The number of anilines is 1. The van der Waals surface area contributed by atoms with Gasteiger partial charge in [0.2, 0.25) is 0 Å². The molecule has 3 aromatic rings. The highest BCUT2D eigenvalue weighted by molar-refractivity contribution is 9.10. The van der Waals surface area contributed by atoms with Crippen molar-refractivity contribution in [3.63, 3.8) is 0 Å². The number of carbonyl (C=O) groups is 2. The molecule has 1 amide bonds. The normalized spacial score (nSPS) is 17.9. The molecule has 1 aromatic carbocycles. The van der Waals surface area contributed by atoms with E-state index in [4.69, 9.17) is 18.9 Å². The number of hydrogen-bond acceptors (Lipinski definition) is 9. The van der Waals surface area contributed by atoms with Crippen molar-refractivity contribution in [2.24, 2.45) is 0 Å². The van der Waals surface area contributed by atoms with Crippen molar-refractivity contribution < 1.29 is 28.5 Å². The van der Waals surface area contributed by atoms with E-state index in [-0.39, 0.29) is 13.2 Å². The van der Waals surface area contributed by atoms with E-state index in [1.165, 1.54) is 4.90 Å². The Morgan fingerprint density at radius 2 is 2.08 bits per heavy atom. The molecular formula is C25H30BrN5O6. The highest BCUT2D eigenvalue weighted by atomic mass is 79.9. The van der Waals surface area contributed by atoms with Crippen molar-refractivity contribution in [1.29, 1.82) is 0 Å². The van der Waals surface area contributed by atoms with E-state index in [1.54, 1.807) is 47.4 Å². The summed E-state index contributed by atoms with van der Waals surface area (Å²) in [4.78, 5) is 35.0. The molecule has 1 aliphatic rings. The number of rotatable bonds is 7. The summed E-state index contributed by atoms with van der Waals surface area (Å²) in [6, 6.07) is 4.87. The lowest BCUT2D eigenvalue weighted by molar-refractivity contribution is -0.123. The Bertz CT molecular complexity index is 1290. The second kappa shape index (κ2) is 10.9. The van der Waals surface area contributed by atoms with E-state index in [0.717, 1.165) is 5.56 Å². The summed E-state index contributed by atoms with van der Waals surface area (Å²) in [5.74, 6) is 2.55. The fourth-order valence-electron chi connectivity index (χ4n) is 4.02. The van der Waals surface area contributed by atoms with Crippen LogP contribution in [-0.4, -0.2) is 70.7 Å². The molecule has 1 saturated heterocycles. The number of aromatic nitrogens is 3. The number of ether oxygens (including phenoxy) is 4. The number of benzene rings is 1. The van der Waals surface area contributed by atoms with E-state index < -0.39 is 23.8 Å². The molecule has 3 heterocycles. The number of halogens is 1. The lowest BCUT2D eigenvalue weighted by atomic mass is 10.2. The molecule has 2 aromatic heterocycles. The van der Waals surface area contributed by atoms with Gasteiger partial charge in [0.15, 0.2) is 5.82 Å². The second-order valence-corrected chi connectivity index (χ2v) is 10.2. The van der Waals surface area contributed by atoms with E-state index in [0.29, 0.717) is 46.1 Å². The van der Waals surface area contributed by atoms with Crippen molar-refractivity contribution in [3.05, 3.63) is 46.6 Å². The molecule has 0 bridgehead atoms. The number of amides is 1. The van der Waals surface area contributed by atoms with Crippen LogP contribution < -0.4 is 14.8 Å². The summed E-state index contributed by atoms with van der Waals surface area (Å²) in [5.41, 5.74) is 0.932. The van der Waals surface area contributed by atoms with Gasteiger partial charge in [0.25, 0.3) is 0 Å². The highest BCUT2D eigenvalue weighted by Crippen LogP contribution is 2.32. The maximum absolute atomic E-state index is 12.8. The number of nitrogens with zero attached hydrogens (tertiary/aromatic N) is 4. The van der Waals surface area contributed by atoms with E-state index in [9.17, 15) is 9.59 Å². The van der Waals surface area contributed by atoms with Gasteiger partial charge in [-0.2, -0.15) is 0 Å². The third-order valence-corrected chi connectivity index (χ3v) is 6.34. The molecule has 0 spiro atoms. The van der Waals surface area contributed by atoms with Gasteiger partial charge in [-0.15, -0.1) is 0 Å². The zero-order valence-corrected chi connectivity index (χ0v) is 22.9. The Labute approximate surface area is 223 Å². The molecule has 1 aliphatic heterocycles. The first-order chi connectivity index (χ1) is 17.6. The maximum Gasteiger partial charge on any atom is 0.411 e. The predicted molar refractivity (Wildman–Crippen MR) is 139 cm³/mol. The molecule has 12 heteroatoms. The third-order valence-electron chi connectivity index (χ3n) is 5.78. The van der Waals surface area contributed by atoms with Crippen LogP contribution in [0.3, 0.4) is 0 Å². The van der Waals surface area contributed by atoms with Crippen LogP contribution >= 0.6 is 15.9 Å². The monoisotopic (exact) mass is 575 g/mol. The average molecular weight is 576 g/mol. The van der Waals surface area contributed by atoms with Gasteiger partial charge in [0.05, 0.1) is 27.4 Å². The van der Waals surface area contributed by atoms with E-state index >= 15 is 0 Å². The summed E-state index contributed by atoms with van der Waals surface area (Å²) >= 11 is 3.55. The molecule has 0 radical (unpaired) electrons. The Balaban J connectivity index is 1.60. The van der Waals surface area contributed by atoms with Crippen LogP contribution in [0.1, 0.15) is 38.3 Å². The lowest BCUT2D eigenvalue weighted by Crippen LogP contribution is -2.52.